The Kier molecular flexibility index (Phi) is 6.84. The molecule has 4 rings (SSSR count). The van der Waals surface area contributed by atoms with E-state index in [2.05, 4.69) is 20.3 Å². The summed E-state index contributed by atoms with van der Waals surface area (Å²) in [5, 5.41) is 5.40. The number of anilines is 2. The second-order valence-electron chi connectivity index (χ2n) is 7.36. The molecule has 9 heteroatoms. The fourth-order valence-electron chi connectivity index (χ4n) is 3.27. The number of carbonyl (C=O) groups excluding carboxylic acids is 1. The van der Waals surface area contributed by atoms with Gasteiger partial charge in [0.2, 0.25) is 0 Å². The standard InChI is InChI=1S/C25H21FN4O3S/c26-20-8-13-24(23(15-20)19-6-2-1-3-7-19)34(32,33)30-22-11-9-21(10-12-22)29-25(31)28-17-18-5-4-14-27-16-18/h1-16,30H,17H2,(H2,28,29,31). The van der Waals surface area contributed by atoms with Gasteiger partial charge in [-0.05, 0) is 59.7 Å². The number of carbonyl (C=O) groups is 1. The van der Waals surface area contributed by atoms with Crippen molar-refractivity contribution in [1.29, 1.82) is 0 Å². The number of pyridine rings is 1. The van der Waals surface area contributed by atoms with E-state index in [4.69, 9.17) is 0 Å². The molecule has 1 aromatic heterocycles. The third-order valence-electron chi connectivity index (χ3n) is 4.89. The minimum atomic E-state index is -4.01. The summed E-state index contributed by atoms with van der Waals surface area (Å²) in [4.78, 5) is 16.0. The molecular formula is C25H21FN4O3S. The van der Waals surface area contributed by atoms with Crippen LogP contribution in [-0.4, -0.2) is 19.4 Å². The molecule has 0 bridgehead atoms. The fraction of sp³-hybridized carbons (Fsp3) is 0.0400. The van der Waals surface area contributed by atoms with Crippen LogP contribution in [-0.2, 0) is 16.6 Å². The zero-order valence-corrected chi connectivity index (χ0v) is 18.7. The molecule has 0 saturated carbocycles. The number of nitrogens with zero attached hydrogens (tertiary/aromatic N) is 1. The van der Waals surface area contributed by atoms with Crippen molar-refractivity contribution in [3.05, 3.63) is 109 Å². The topological polar surface area (TPSA) is 100 Å². The maximum atomic E-state index is 13.9. The van der Waals surface area contributed by atoms with Crippen LogP contribution in [0.1, 0.15) is 5.56 Å². The highest BCUT2D eigenvalue weighted by Crippen LogP contribution is 2.29. The van der Waals surface area contributed by atoms with Gasteiger partial charge >= 0.3 is 6.03 Å². The van der Waals surface area contributed by atoms with E-state index in [1.165, 1.54) is 24.3 Å². The van der Waals surface area contributed by atoms with Crippen molar-refractivity contribution >= 4 is 27.4 Å². The van der Waals surface area contributed by atoms with Gasteiger partial charge in [-0.25, -0.2) is 17.6 Å². The second-order valence-corrected chi connectivity index (χ2v) is 9.01. The number of benzene rings is 3. The maximum Gasteiger partial charge on any atom is 0.319 e. The molecule has 0 saturated heterocycles. The number of hydrogen-bond acceptors (Lipinski definition) is 4. The number of aromatic nitrogens is 1. The second kappa shape index (κ2) is 10.1. The van der Waals surface area contributed by atoms with E-state index in [0.717, 1.165) is 11.6 Å². The molecule has 4 aromatic rings. The van der Waals surface area contributed by atoms with Gasteiger partial charge in [0.1, 0.15) is 5.82 Å². The highest BCUT2D eigenvalue weighted by atomic mass is 32.2. The van der Waals surface area contributed by atoms with Crippen LogP contribution in [0.25, 0.3) is 11.1 Å². The van der Waals surface area contributed by atoms with Crippen LogP contribution < -0.4 is 15.4 Å². The molecule has 0 unspecified atom stereocenters. The summed E-state index contributed by atoms with van der Waals surface area (Å²) >= 11 is 0. The van der Waals surface area contributed by atoms with Gasteiger partial charge in [0.05, 0.1) is 4.90 Å². The van der Waals surface area contributed by atoms with E-state index >= 15 is 0 Å². The van der Waals surface area contributed by atoms with Crippen molar-refractivity contribution in [2.75, 3.05) is 10.0 Å². The van der Waals surface area contributed by atoms with E-state index < -0.39 is 21.9 Å². The average Bonchev–Trinajstić information content (AvgIpc) is 2.85. The van der Waals surface area contributed by atoms with E-state index in [1.807, 2.05) is 6.07 Å². The van der Waals surface area contributed by atoms with Gasteiger partial charge in [-0.15, -0.1) is 0 Å². The first-order valence-electron chi connectivity index (χ1n) is 10.3. The summed E-state index contributed by atoms with van der Waals surface area (Å²) in [5.74, 6) is -0.532. The molecule has 0 radical (unpaired) electrons. The Morgan fingerprint density at radius 2 is 1.62 bits per heavy atom. The van der Waals surface area contributed by atoms with Gasteiger partial charge in [-0.1, -0.05) is 36.4 Å². The van der Waals surface area contributed by atoms with E-state index in [1.54, 1.807) is 60.9 Å². The van der Waals surface area contributed by atoms with Crippen LogP contribution in [0.2, 0.25) is 0 Å². The molecular weight excluding hydrogens is 455 g/mol. The van der Waals surface area contributed by atoms with Gasteiger partial charge in [0.25, 0.3) is 10.0 Å². The third kappa shape index (κ3) is 5.76. The molecule has 7 nitrogen and oxygen atoms in total. The summed E-state index contributed by atoms with van der Waals surface area (Å²) in [6, 6.07) is 21.7. The van der Waals surface area contributed by atoms with Crippen molar-refractivity contribution < 1.29 is 17.6 Å². The summed E-state index contributed by atoms with van der Waals surface area (Å²) in [6.45, 7) is 0.318. The Balaban J connectivity index is 1.45. The van der Waals surface area contributed by atoms with E-state index in [-0.39, 0.29) is 10.5 Å². The van der Waals surface area contributed by atoms with Crippen molar-refractivity contribution in [3.63, 3.8) is 0 Å². The minimum Gasteiger partial charge on any atom is -0.334 e. The Hall–Kier alpha value is -4.24. The quantitative estimate of drug-likeness (QED) is 0.349. The molecule has 3 aromatic carbocycles. The third-order valence-corrected chi connectivity index (χ3v) is 6.33. The normalized spacial score (nSPS) is 11.0. The van der Waals surface area contributed by atoms with E-state index in [0.29, 0.717) is 23.5 Å². The predicted molar refractivity (Wildman–Crippen MR) is 129 cm³/mol. The Morgan fingerprint density at radius 3 is 2.32 bits per heavy atom. The lowest BCUT2D eigenvalue weighted by atomic mass is 10.1. The lowest BCUT2D eigenvalue weighted by Gasteiger charge is -2.13. The summed E-state index contributed by atoms with van der Waals surface area (Å²) in [6.07, 6.45) is 3.31. The molecule has 34 heavy (non-hydrogen) atoms. The van der Waals surface area contributed by atoms with E-state index in [9.17, 15) is 17.6 Å². The highest BCUT2D eigenvalue weighted by molar-refractivity contribution is 7.92. The van der Waals surface area contributed by atoms with Crippen molar-refractivity contribution in [1.82, 2.24) is 10.3 Å². The first-order valence-corrected chi connectivity index (χ1v) is 11.8. The molecule has 0 aliphatic carbocycles. The fourth-order valence-corrected chi connectivity index (χ4v) is 4.54. The number of sulfonamides is 1. The molecule has 0 fully saturated rings. The zero-order chi connectivity index (χ0) is 24.0. The number of nitrogens with one attached hydrogen (secondary N) is 3. The SMILES string of the molecule is O=C(NCc1cccnc1)Nc1ccc(NS(=O)(=O)c2ccc(F)cc2-c2ccccc2)cc1. The van der Waals surface area contributed by atoms with Crippen molar-refractivity contribution in [2.45, 2.75) is 11.4 Å². The maximum absolute atomic E-state index is 13.9. The van der Waals surface area contributed by atoms with Crippen LogP contribution in [0.15, 0.2) is 102 Å². The van der Waals surface area contributed by atoms with Crippen LogP contribution in [0.3, 0.4) is 0 Å². The summed E-state index contributed by atoms with van der Waals surface area (Å²) in [5.41, 5.74) is 2.48. The number of amides is 2. The van der Waals surface area contributed by atoms with Crippen LogP contribution in [0.4, 0.5) is 20.6 Å². The number of halogens is 1. The van der Waals surface area contributed by atoms with Gasteiger partial charge in [0, 0.05) is 35.9 Å². The highest BCUT2D eigenvalue weighted by Gasteiger charge is 2.20. The molecule has 0 aliphatic heterocycles. The van der Waals surface area contributed by atoms with Crippen LogP contribution >= 0.6 is 0 Å². The summed E-state index contributed by atoms with van der Waals surface area (Å²) < 4.78 is 42.5. The Labute approximate surface area is 196 Å². The van der Waals surface area contributed by atoms with Gasteiger partial charge in [0.15, 0.2) is 0 Å². The Morgan fingerprint density at radius 1 is 0.882 bits per heavy atom. The number of hydrogen-bond donors (Lipinski definition) is 3. The van der Waals surface area contributed by atoms with Gasteiger partial charge in [-0.3, -0.25) is 9.71 Å². The molecule has 3 N–H and O–H groups in total. The van der Waals surface area contributed by atoms with Crippen molar-refractivity contribution in [2.24, 2.45) is 0 Å². The molecule has 2 amide bonds. The Bertz CT molecular complexity index is 1380. The van der Waals surface area contributed by atoms with Crippen LogP contribution in [0, 0.1) is 5.82 Å². The average molecular weight is 477 g/mol. The van der Waals surface area contributed by atoms with Gasteiger partial charge < -0.3 is 10.6 Å². The number of urea groups is 1. The molecule has 0 atom stereocenters. The zero-order valence-electron chi connectivity index (χ0n) is 17.9. The largest absolute Gasteiger partial charge is 0.334 e. The first kappa shape index (κ1) is 22.9. The smallest absolute Gasteiger partial charge is 0.319 e. The molecule has 0 spiro atoms. The monoisotopic (exact) mass is 476 g/mol. The molecule has 0 aliphatic rings. The van der Waals surface area contributed by atoms with Crippen LogP contribution in [0.5, 0.6) is 0 Å². The number of rotatable bonds is 7. The predicted octanol–water partition coefficient (Wildman–Crippen LogP) is 5.01. The van der Waals surface area contributed by atoms with Crippen molar-refractivity contribution in [3.8, 4) is 11.1 Å². The lowest BCUT2D eigenvalue weighted by Crippen LogP contribution is -2.28. The molecule has 172 valence electrons. The van der Waals surface area contributed by atoms with Gasteiger partial charge in [-0.2, -0.15) is 0 Å². The molecule has 1 heterocycles. The lowest BCUT2D eigenvalue weighted by molar-refractivity contribution is 0.251. The minimum absolute atomic E-state index is 0.0444. The first-order chi connectivity index (χ1) is 16.4. The summed E-state index contributed by atoms with van der Waals surface area (Å²) in [7, 11) is -4.01.